The van der Waals surface area contributed by atoms with Crippen molar-refractivity contribution in [2.45, 2.75) is 64.1 Å². The quantitative estimate of drug-likeness (QED) is 0.250. The van der Waals surface area contributed by atoms with Crippen LogP contribution in [-0.2, 0) is 11.8 Å². The highest BCUT2D eigenvalue weighted by Gasteiger charge is 2.56. The molecule has 0 saturated carbocycles. The minimum atomic E-state index is -4.96. The minimum Gasteiger partial charge on any atom is -0.508 e. The van der Waals surface area contributed by atoms with Gasteiger partial charge < -0.3 is 21.3 Å². The summed E-state index contributed by atoms with van der Waals surface area (Å²) in [5.41, 5.74) is 4.63. The smallest absolute Gasteiger partial charge is 0.417 e. The van der Waals surface area contributed by atoms with Crippen molar-refractivity contribution in [2.75, 3.05) is 13.6 Å². The number of aliphatic hydroxyl groups is 1. The van der Waals surface area contributed by atoms with Gasteiger partial charge in [0.2, 0.25) is 0 Å². The fourth-order valence-corrected chi connectivity index (χ4v) is 4.46. The second-order valence-electron chi connectivity index (χ2n) is 9.89. The maximum atomic E-state index is 14.3. The summed E-state index contributed by atoms with van der Waals surface area (Å²) in [6.07, 6.45) is 0.393. The van der Waals surface area contributed by atoms with E-state index in [-0.39, 0.29) is 17.0 Å². The number of benzene rings is 1. The van der Waals surface area contributed by atoms with Gasteiger partial charge in [-0.05, 0) is 66.4 Å². The van der Waals surface area contributed by atoms with E-state index in [2.05, 4.69) is 15.3 Å². The van der Waals surface area contributed by atoms with E-state index in [1.54, 1.807) is 62.8 Å². The molecule has 0 aliphatic carbocycles. The number of nitrogens with two attached hydrogens (primary N) is 1. The zero-order valence-electron chi connectivity index (χ0n) is 23.2. The number of hydrogen-bond donors (Lipinski definition) is 4. The number of phenolic OH excluding ortho intramolecular Hbond substituents is 1. The Balaban J connectivity index is 0.00000260. The fourth-order valence-electron chi connectivity index (χ4n) is 4.46. The first-order valence-corrected chi connectivity index (χ1v) is 12.9. The summed E-state index contributed by atoms with van der Waals surface area (Å²) < 4.78 is 42.8. The molecule has 1 unspecified atom stereocenters. The van der Waals surface area contributed by atoms with E-state index in [1.165, 1.54) is 12.1 Å². The first-order chi connectivity index (χ1) is 18.3. The number of nitrogens with zero attached hydrogens (tertiary/aromatic N) is 2. The minimum absolute atomic E-state index is 0.116. The molecule has 0 spiro atoms. The summed E-state index contributed by atoms with van der Waals surface area (Å²) in [6.45, 7) is 7.82. The Morgan fingerprint density at radius 3 is 2.38 bits per heavy atom. The summed E-state index contributed by atoms with van der Waals surface area (Å²) in [5.74, 6) is -0.156. The predicted molar refractivity (Wildman–Crippen MR) is 150 cm³/mol. The Labute approximate surface area is 228 Å². The molecule has 3 rings (SSSR count). The maximum Gasteiger partial charge on any atom is 0.417 e. The number of nitrogens with one attached hydrogen (secondary N) is 1. The molecule has 9 heteroatoms. The average molecular weight is 545 g/mol. The molecule has 0 aliphatic rings. The Morgan fingerprint density at radius 2 is 1.77 bits per heavy atom. The third-order valence-electron chi connectivity index (χ3n) is 6.30. The number of pyridine rings is 2. The lowest BCUT2D eigenvalue weighted by Crippen LogP contribution is -2.50. The van der Waals surface area contributed by atoms with E-state index in [0.29, 0.717) is 24.1 Å². The van der Waals surface area contributed by atoms with Crippen LogP contribution in [-0.4, -0.2) is 45.6 Å². The topological polar surface area (TPSA) is 104 Å². The van der Waals surface area contributed by atoms with Crippen molar-refractivity contribution in [3.8, 4) is 16.9 Å². The summed E-state index contributed by atoms with van der Waals surface area (Å²) in [5, 5.41) is 24.6. The first-order valence-electron chi connectivity index (χ1n) is 12.9. The summed E-state index contributed by atoms with van der Waals surface area (Å²) in [6, 6.07) is 11.7. The van der Waals surface area contributed by atoms with E-state index < -0.39 is 30.0 Å². The number of rotatable bonds is 10. The molecule has 2 aromatic heterocycles. The van der Waals surface area contributed by atoms with Gasteiger partial charge in [0.25, 0.3) is 0 Å². The van der Waals surface area contributed by atoms with E-state index in [0.717, 1.165) is 11.3 Å². The summed E-state index contributed by atoms with van der Waals surface area (Å²) in [7, 11) is 1.82. The molecule has 0 fully saturated rings. The van der Waals surface area contributed by atoms with Gasteiger partial charge in [0.15, 0.2) is 5.60 Å². The van der Waals surface area contributed by atoms with Crippen LogP contribution in [0.1, 0.15) is 57.4 Å². The Bertz CT molecular complexity index is 1230. The van der Waals surface area contributed by atoms with Gasteiger partial charge in [-0.15, -0.1) is 0 Å². The highest BCUT2D eigenvalue weighted by molar-refractivity contribution is 5.65. The first kappa shape index (κ1) is 31.8. The number of aromatic hydroxyl groups is 1. The van der Waals surface area contributed by atoms with Crippen molar-refractivity contribution in [3.63, 3.8) is 0 Å². The zero-order chi connectivity index (χ0) is 29.3. The number of halogens is 3. The van der Waals surface area contributed by atoms with Crippen LogP contribution in [0, 0.1) is 0 Å². The van der Waals surface area contributed by atoms with Crippen molar-refractivity contribution >= 4 is 6.08 Å². The molecule has 0 bridgehead atoms. The van der Waals surface area contributed by atoms with Gasteiger partial charge in [0, 0.05) is 60.5 Å². The van der Waals surface area contributed by atoms with Gasteiger partial charge in [0.1, 0.15) is 5.75 Å². The monoisotopic (exact) mass is 544 g/mol. The molecule has 1 aromatic carbocycles. The van der Waals surface area contributed by atoms with Crippen molar-refractivity contribution < 1.29 is 23.4 Å². The van der Waals surface area contributed by atoms with Crippen LogP contribution in [0.3, 0.4) is 0 Å². The van der Waals surface area contributed by atoms with E-state index in [1.807, 2.05) is 27.0 Å². The Kier molecular flexibility index (Phi) is 11.1. The highest BCUT2D eigenvalue weighted by Crippen LogP contribution is 2.46. The fraction of sp³-hybridized carbons (Fsp3) is 0.400. The van der Waals surface area contributed by atoms with Crippen molar-refractivity contribution in [2.24, 2.45) is 5.73 Å². The lowest BCUT2D eigenvalue weighted by Gasteiger charge is -2.38. The molecule has 39 heavy (non-hydrogen) atoms. The number of alkyl halides is 3. The Hall–Kier alpha value is -3.43. The molecule has 0 aliphatic heterocycles. The lowest BCUT2D eigenvalue weighted by molar-refractivity contribution is -0.266. The van der Waals surface area contributed by atoms with Gasteiger partial charge in [-0.3, -0.25) is 9.97 Å². The molecular formula is C30H39F3N4O2. The molecule has 3 aromatic rings. The molecule has 6 nitrogen and oxygen atoms in total. The van der Waals surface area contributed by atoms with E-state index in [4.69, 9.17) is 5.73 Å². The molecule has 0 radical (unpaired) electrons. The number of phenols is 1. The Morgan fingerprint density at radius 1 is 1.05 bits per heavy atom. The van der Waals surface area contributed by atoms with Gasteiger partial charge in [-0.1, -0.05) is 39.8 Å². The normalized spacial score (nSPS) is 13.8. The zero-order valence-corrected chi connectivity index (χ0v) is 23.2. The number of hydrogen-bond acceptors (Lipinski definition) is 6. The third kappa shape index (κ3) is 8.53. The largest absolute Gasteiger partial charge is 0.508 e. The molecule has 0 saturated heterocycles. The average Bonchev–Trinajstić information content (AvgIpc) is 2.88. The summed E-state index contributed by atoms with van der Waals surface area (Å²) in [4.78, 5) is 8.33. The van der Waals surface area contributed by atoms with Crippen molar-refractivity contribution in [1.82, 2.24) is 15.3 Å². The number of likely N-dealkylation sites (N-methyl/N-ethyl adjacent to an activating group) is 1. The standard InChI is InChI=1S/C28H33F3N4O2.C2H6/c1-26(2,24-15-20(6-7-25(24)36)21-5-4-10-34-17-21)18-27(37,28(29,30)31)16-22(32)13-19-8-12-35-23(14-19)9-11-33-3;1-2/h4-8,10,12-15,17,33,36-37H,9,11,16,18,32H2,1-3H3;1-2H3/b22-13-;. The van der Waals surface area contributed by atoms with Crippen molar-refractivity contribution in [3.05, 3.63) is 83.6 Å². The maximum absolute atomic E-state index is 14.3. The van der Waals surface area contributed by atoms with Crippen LogP contribution in [0.25, 0.3) is 17.2 Å². The second-order valence-corrected chi connectivity index (χ2v) is 9.89. The van der Waals surface area contributed by atoms with Crippen LogP contribution in [0.15, 0.2) is 66.8 Å². The van der Waals surface area contributed by atoms with Crippen LogP contribution in [0.4, 0.5) is 13.2 Å². The van der Waals surface area contributed by atoms with Crippen LogP contribution < -0.4 is 11.1 Å². The molecule has 2 heterocycles. The molecule has 5 N–H and O–H groups in total. The third-order valence-corrected chi connectivity index (χ3v) is 6.30. The van der Waals surface area contributed by atoms with Gasteiger partial charge in [-0.25, -0.2) is 0 Å². The van der Waals surface area contributed by atoms with Crippen LogP contribution >= 0.6 is 0 Å². The van der Waals surface area contributed by atoms with E-state index in [9.17, 15) is 23.4 Å². The molecule has 0 amide bonds. The number of aromatic nitrogens is 2. The van der Waals surface area contributed by atoms with Gasteiger partial charge >= 0.3 is 6.18 Å². The van der Waals surface area contributed by atoms with Gasteiger partial charge in [0.05, 0.1) is 0 Å². The van der Waals surface area contributed by atoms with Crippen LogP contribution in [0.5, 0.6) is 5.75 Å². The lowest BCUT2D eigenvalue weighted by atomic mass is 9.72. The second kappa shape index (κ2) is 13.6. The summed E-state index contributed by atoms with van der Waals surface area (Å²) >= 11 is 0. The van der Waals surface area contributed by atoms with Crippen molar-refractivity contribution in [1.29, 1.82) is 0 Å². The molecule has 1 atom stereocenters. The molecule has 212 valence electrons. The molecular weight excluding hydrogens is 505 g/mol. The SMILES string of the molecule is CC.CNCCc1cc(/C=C(\N)CC(O)(CC(C)(C)c2cc(-c3cccnc3)ccc2O)C(F)(F)F)ccn1. The van der Waals surface area contributed by atoms with E-state index >= 15 is 0 Å². The predicted octanol–water partition coefficient (Wildman–Crippen LogP) is 5.99. The van der Waals surface area contributed by atoms with Crippen LogP contribution in [0.2, 0.25) is 0 Å². The highest BCUT2D eigenvalue weighted by atomic mass is 19.4. The van der Waals surface area contributed by atoms with Gasteiger partial charge in [-0.2, -0.15) is 13.2 Å².